The Bertz CT molecular complexity index is 610. The van der Waals surface area contributed by atoms with Gasteiger partial charge in [-0.3, -0.25) is 0 Å². The second kappa shape index (κ2) is 5.32. The minimum atomic E-state index is 1.11. The number of anilines is 1. The maximum atomic E-state index is 2.52. The summed E-state index contributed by atoms with van der Waals surface area (Å²) in [5.74, 6) is 0. The summed E-state index contributed by atoms with van der Waals surface area (Å²) in [6.45, 7) is 8.96. The number of nitrogens with zero attached hydrogens (tertiary/aromatic N) is 1. The van der Waals surface area contributed by atoms with E-state index in [9.17, 15) is 0 Å². The lowest BCUT2D eigenvalue weighted by Crippen LogP contribution is -2.29. The first-order valence-corrected chi connectivity index (χ1v) is 7.64. The zero-order chi connectivity index (χ0) is 14.1. The van der Waals surface area contributed by atoms with Gasteiger partial charge in [-0.05, 0) is 68.0 Å². The van der Waals surface area contributed by atoms with Crippen LogP contribution in [0.1, 0.15) is 30.0 Å². The molecule has 1 aliphatic rings. The van der Waals surface area contributed by atoms with Crippen molar-refractivity contribution in [1.29, 1.82) is 0 Å². The average molecular weight is 265 g/mol. The second-order valence-electron chi connectivity index (χ2n) is 5.85. The van der Waals surface area contributed by atoms with Crippen molar-refractivity contribution < 1.29 is 0 Å². The molecule has 0 fully saturated rings. The first kappa shape index (κ1) is 13.2. The second-order valence-corrected chi connectivity index (χ2v) is 5.85. The Hall–Kier alpha value is -1.76. The summed E-state index contributed by atoms with van der Waals surface area (Å²) in [5.41, 5.74) is 8.43. The molecule has 1 heterocycles. The zero-order valence-corrected chi connectivity index (χ0v) is 12.7. The Morgan fingerprint density at radius 2 is 1.75 bits per heavy atom. The van der Waals surface area contributed by atoms with Crippen molar-refractivity contribution >= 4 is 5.69 Å². The van der Waals surface area contributed by atoms with Crippen molar-refractivity contribution in [3.8, 4) is 11.1 Å². The molecule has 0 aliphatic carbocycles. The third kappa shape index (κ3) is 2.33. The predicted molar refractivity (Wildman–Crippen MR) is 87.6 cm³/mol. The third-order valence-corrected chi connectivity index (χ3v) is 4.34. The largest absolute Gasteiger partial charge is 0.371 e. The fourth-order valence-corrected chi connectivity index (χ4v) is 3.30. The van der Waals surface area contributed by atoms with E-state index in [1.54, 1.807) is 0 Å². The quantitative estimate of drug-likeness (QED) is 0.758. The molecule has 0 spiro atoms. The van der Waals surface area contributed by atoms with E-state index in [1.807, 2.05) is 0 Å². The van der Waals surface area contributed by atoms with Gasteiger partial charge in [0.2, 0.25) is 0 Å². The van der Waals surface area contributed by atoms with E-state index in [0.29, 0.717) is 0 Å². The lowest BCUT2D eigenvalue weighted by atomic mass is 9.92. The highest BCUT2D eigenvalue weighted by Gasteiger charge is 2.18. The molecule has 2 aromatic carbocycles. The number of hydrogen-bond donors (Lipinski definition) is 0. The van der Waals surface area contributed by atoms with Gasteiger partial charge < -0.3 is 4.90 Å². The van der Waals surface area contributed by atoms with Gasteiger partial charge in [0.15, 0.2) is 0 Å². The van der Waals surface area contributed by atoms with E-state index in [-0.39, 0.29) is 0 Å². The van der Waals surface area contributed by atoms with Gasteiger partial charge in [-0.1, -0.05) is 29.8 Å². The molecule has 104 valence electrons. The molecule has 0 N–H and O–H groups in total. The van der Waals surface area contributed by atoms with Crippen molar-refractivity contribution in [2.75, 3.05) is 18.0 Å². The third-order valence-electron chi connectivity index (χ3n) is 4.34. The molecular formula is C19H23N. The van der Waals surface area contributed by atoms with E-state index in [1.165, 1.54) is 52.9 Å². The van der Waals surface area contributed by atoms with Crippen LogP contribution in [0, 0.1) is 13.8 Å². The maximum Gasteiger partial charge on any atom is 0.0428 e. The van der Waals surface area contributed by atoms with Crippen LogP contribution < -0.4 is 4.90 Å². The highest BCUT2D eigenvalue weighted by Crippen LogP contribution is 2.34. The van der Waals surface area contributed by atoms with E-state index in [4.69, 9.17) is 0 Å². The average Bonchev–Trinajstić information content (AvgIpc) is 2.47. The number of aryl methyl sites for hydroxylation is 3. The molecule has 0 aromatic heterocycles. The Morgan fingerprint density at radius 1 is 1.00 bits per heavy atom. The standard InChI is InChI=1S/C19H23N/c1-4-20-11-5-6-17-13-18(12-15(3)19(17)20)16-9-7-14(2)8-10-16/h7-10,12-13H,4-6,11H2,1-3H3. The number of hydrogen-bond acceptors (Lipinski definition) is 1. The molecule has 1 nitrogen and oxygen atoms in total. The topological polar surface area (TPSA) is 3.24 Å². The summed E-state index contributed by atoms with van der Waals surface area (Å²) in [6.07, 6.45) is 2.49. The maximum absolute atomic E-state index is 2.52. The molecule has 1 heteroatoms. The van der Waals surface area contributed by atoms with Crippen LogP contribution >= 0.6 is 0 Å². The molecule has 0 amide bonds. The van der Waals surface area contributed by atoms with Crippen LogP contribution in [-0.2, 0) is 6.42 Å². The lowest BCUT2D eigenvalue weighted by Gasteiger charge is -2.32. The van der Waals surface area contributed by atoms with Gasteiger partial charge in [-0.2, -0.15) is 0 Å². The fourth-order valence-electron chi connectivity index (χ4n) is 3.30. The van der Waals surface area contributed by atoms with Crippen molar-refractivity contribution in [3.63, 3.8) is 0 Å². The summed E-state index contributed by atoms with van der Waals surface area (Å²) in [7, 11) is 0. The van der Waals surface area contributed by atoms with E-state index < -0.39 is 0 Å². The van der Waals surface area contributed by atoms with Gasteiger partial charge in [0.25, 0.3) is 0 Å². The summed E-state index contributed by atoms with van der Waals surface area (Å²) in [6, 6.07) is 13.6. The van der Waals surface area contributed by atoms with Crippen LogP contribution in [0.3, 0.4) is 0 Å². The van der Waals surface area contributed by atoms with Crippen LogP contribution in [-0.4, -0.2) is 13.1 Å². The number of benzene rings is 2. The molecular weight excluding hydrogens is 242 g/mol. The highest BCUT2D eigenvalue weighted by atomic mass is 15.1. The molecule has 0 atom stereocenters. The molecule has 3 rings (SSSR count). The smallest absolute Gasteiger partial charge is 0.0428 e. The van der Waals surface area contributed by atoms with Gasteiger partial charge in [0.1, 0.15) is 0 Å². The molecule has 20 heavy (non-hydrogen) atoms. The first-order chi connectivity index (χ1) is 9.69. The van der Waals surface area contributed by atoms with Crippen molar-refractivity contribution in [1.82, 2.24) is 0 Å². The van der Waals surface area contributed by atoms with Gasteiger partial charge in [-0.15, -0.1) is 0 Å². The molecule has 0 radical (unpaired) electrons. The van der Waals surface area contributed by atoms with E-state index in [0.717, 1.165) is 6.54 Å². The normalized spacial score (nSPS) is 14.2. The Balaban J connectivity index is 2.07. The summed E-state index contributed by atoms with van der Waals surface area (Å²) in [5, 5.41) is 0. The molecule has 0 bridgehead atoms. The van der Waals surface area contributed by atoms with Gasteiger partial charge in [0, 0.05) is 18.8 Å². The molecule has 1 aliphatic heterocycles. The number of fused-ring (bicyclic) bond motifs is 1. The van der Waals surface area contributed by atoms with Crippen molar-refractivity contribution in [2.24, 2.45) is 0 Å². The van der Waals surface area contributed by atoms with Gasteiger partial charge in [-0.25, -0.2) is 0 Å². The summed E-state index contributed by atoms with van der Waals surface area (Å²) in [4.78, 5) is 2.52. The summed E-state index contributed by atoms with van der Waals surface area (Å²) < 4.78 is 0. The van der Waals surface area contributed by atoms with Gasteiger partial charge >= 0.3 is 0 Å². The molecule has 0 unspecified atom stereocenters. The Morgan fingerprint density at radius 3 is 2.45 bits per heavy atom. The molecule has 0 saturated carbocycles. The van der Waals surface area contributed by atoms with Crippen LogP contribution in [0.4, 0.5) is 5.69 Å². The fraction of sp³-hybridized carbons (Fsp3) is 0.368. The first-order valence-electron chi connectivity index (χ1n) is 7.64. The van der Waals surface area contributed by atoms with Crippen molar-refractivity contribution in [3.05, 3.63) is 53.1 Å². The van der Waals surface area contributed by atoms with Crippen molar-refractivity contribution in [2.45, 2.75) is 33.6 Å². The zero-order valence-electron chi connectivity index (χ0n) is 12.7. The van der Waals surface area contributed by atoms with E-state index in [2.05, 4.69) is 62.1 Å². The highest BCUT2D eigenvalue weighted by molar-refractivity contribution is 5.72. The minimum Gasteiger partial charge on any atom is -0.371 e. The monoisotopic (exact) mass is 265 g/mol. The molecule has 2 aromatic rings. The number of rotatable bonds is 2. The lowest BCUT2D eigenvalue weighted by molar-refractivity contribution is 0.705. The summed E-state index contributed by atoms with van der Waals surface area (Å²) >= 11 is 0. The van der Waals surface area contributed by atoms with E-state index >= 15 is 0 Å². The van der Waals surface area contributed by atoms with Crippen LogP contribution in [0.15, 0.2) is 36.4 Å². The van der Waals surface area contributed by atoms with Crippen LogP contribution in [0.5, 0.6) is 0 Å². The SMILES string of the molecule is CCN1CCCc2cc(-c3ccc(C)cc3)cc(C)c21. The van der Waals surface area contributed by atoms with Crippen LogP contribution in [0.2, 0.25) is 0 Å². The Kier molecular flexibility index (Phi) is 3.52. The predicted octanol–water partition coefficient (Wildman–Crippen LogP) is 4.74. The van der Waals surface area contributed by atoms with Gasteiger partial charge in [0.05, 0.1) is 0 Å². The molecule has 0 saturated heterocycles. The Labute approximate surface area is 122 Å². The van der Waals surface area contributed by atoms with Crippen LogP contribution in [0.25, 0.3) is 11.1 Å². The minimum absolute atomic E-state index is 1.11.